The van der Waals surface area contributed by atoms with Crippen LogP contribution in [0.5, 0.6) is 0 Å². The van der Waals surface area contributed by atoms with E-state index in [2.05, 4.69) is 29.6 Å². The second kappa shape index (κ2) is 4.45. The molecular weight excluding hydrogens is 198 g/mol. The molecule has 0 aliphatic heterocycles. The third-order valence-electron chi connectivity index (χ3n) is 2.80. The Hall–Kier alpha value is -1.67. The zero-order valence-electron chi connectivity index (χ0n) is 9.53. The van der Waals surface area contributed by atoms with Crippen LogP contribution in [0.15, 0.2) is 42.5 Å². The molecule has 0 radical (unpaired) electrons. The molecule has 0 bridgehead atoms. The molecule has 2 heteroatoms. The standard InChI is InChI=1S/C14H15NO/c1-10(16)14(15-2)13-8-7-11-5-3-4-6-12(11)9-13/h3-9,14-15H,1-2H3. The van der Waals surface area contributed by atoms with E-state index in [1.165, 1.54) is 10.8 Å². The molecule has 16 heavy (non-hydrogen) atoms. The van der Waals surface area contributed by atoms with Crippen LogP contribution in [0.2, 0.25) is 0 Å². The second-order valence-electron chi connectivity index (χ2n) is 3.94. The molecule has 1 unspecified atom stereocenters. The molecule has 0 aliphatic rings. The average molecular weight is 213 g/mol. The number of ketones is 1. The molecule has 0 saturated carbocycles. The molecule has 1 N–H and O–H groups in total. The number of hydrogen-bond acceptors (Lipinski definition) is 2. The fourth-order valence-corrected chi connectivity index (χ4v) is 1.99. The van der Waals surface area contributed by atoms with Crippen LogP contribution in [0.3, 0.4) is 0 Å². The van der Waals surface area contributed by atoms with Crippen molar-refractivity contribution in [3.05, 3.63) is 48.0 Å². The first-order valence-corrected chi connectivity index (χ1v) is 5.39. The number of likely N-dealkylation sites (N-methyl/N-ethyl adjacent to an activating group) is 1. The number of carbonyl (C=O) groups excluding carboxylic acids is 1. The van der Waals surface area contributed by atoms with Crippen molar-refractivity contribution in [2.24, 2.45) is 0 Å². The molecule has 2 nitrogen and oxygen atoms in total. The second-order valence-corrected chi connectivity index (χ2v) is 3.94. The lowest BCUT2D eigenvalue weighted by Gasteiger charge is -2.13. The van der Waals surface area contributed by atoms with Gasteiger partial charge in [-0.25, -0.2) is 0 Å². The maximum absolute atomic E-state index is 11.4. The van der Waals surface area contributed by atoms with Gasteiger partial charge in [-0.1, -0.05) is 36.4 Å². The lowest BCUT2D eigenvalue weighted by molar-refractivity contribution is -0.119. The van der Waals surface area contributed by atoms with Crippen LogP contribution in [0, 0.1) is 0 Å². The summed E-state index contributed by atoms with van der Waals surface area (Å²) in [6, 6.07) is 14.1. The van der Waals surface area contributed by atoms with Crippen molar-refractivity contribution in [1.82, 2.24) is 5.32 Å². The molecule has 2 aromatic carbocycles. The van der Waals surface area contributed by atoms with Crippen LogP contribution >= 0.6 is 0 Å². The van der Waals surface area contributed by atoms with Crippen LogP contribution in [0.1, 0.15) is 18.5 Å². The number of rotatable bonds is 3. The van der Waals surface area contributed by atoms with Gasteiger partial charge in [0.05, 0.1) is 6.04 Å². The van der Waals surface area contributed by atoms with E-state index in [0.29, 0.717) is 0 Å². The van der Waals surface area contributed by atoms with Crippen LogP contribution in [-0.2, 0) is 4.79 Å². The first-order valence-electron chi connectivity index (χ1n) is 5.39. The summed E-state index contributed by atoms with van der Waals surface area (Å²) in [5.41, 5.74) is 1.02. The van der Waals surface area contributed by atoms with Crippen LogP contribution < -0.4 is 5.32 Å². The topological polar surface area (TPSA) is 29.1 Å². The van der Waals surface area contributed by atoms with Crippen LogP contribution in [0.25, 0.3) is 10.8 Å². The number of Topliss-reactive ketones (excluding diaryl/α,β-unsaturated/α-hetero) is 1. The van der Waals surface area contributed by atoms with Crippen molar-refractivity contribution in [1.29, 1.82) is 0 Å². The Balaban J connectivity index is 2.49. The quantitative estimate of drug-likeness (QED) is 0.849. The summed E-state index contributed by atoms with van der Waals surface area (Å²) in [6.45, 7) is 1.61. The predicted molar refractivity (Wildman–Crippen MR) is 66.4 cm³/mol. The fourth-order valence-electron chi connectivity index (χ4n) is 1.99. The molecule has 0 amide bonds. The van der Waals surface area contributed by atoms with Gasteiger partial charge in [0.1, 0.15) is 0 Å². The fraction of sp³-hybridized carbons (Fsp3) is 0.214. The Labute approximate surface area is 95.3 Å². The zero-order chi connectivity index (χ0) is 11.5. The molecule has 0 heterocycles. The molecule has 0 fully saturated rings. The Morgan fingerprint density at radius 2 is 1.81 bits per heavy atom. The summed E-state index contributed by atoms with van der Waals surface area (Å²) in [5, 5.41) is 5.40. The number of fused-ring (bicyclic) bond motifs is 1. The monoisotopic (exact) mass is 213 g/mol. The van der Waals surface area contributed by atoms with Gasteiger partial charge in [-0.3, -0.25) is 4.79 Å². The maximum Gasteiger partial charge on any atom is 0.151 e. The highest BCUT2D eigenvalue weighted by atomic mass is 16.1. The lowest BCUT2D eigenvalue weighted by Crippen LogP contribution is -2.23. The van der Waals surface area contributed by atoms with Crippen molar-refractivity contribution in [2.45, 2.75) is 13.0 Å². The molecule has 0 aromatic heterocycles. The number of hydrogen-bond donors (Lipinski definition) is 1. The van der Waals surface area contributed by atoms with Gasteiger partial charge in [0, 0.05) is 0 Å². The summed E-state index contributed by atoms with van der Waals surface area (Å²) in [6.07, 6.45) is 0. The maximum atomic E-state index is 11.4. The SMILES string of the molecule is CNC(C(C)=O)c1ccc2ccccc2c1. The predicted octanol–water partition coefficient (Wildman–Crippen LogP) is 2.69. The molecular formula is C14H15NO. The largest absolute Gasteiger partial charge is 0.307 e. The van der Waals surface area contributed by atoms with E-state index < -0.39 is 0 Å². The number of carbonyl (C=O) groups is 1. The smallest absolute Gasteiger partial charge is 0.151 e. The van der Waals surface area contributed by atoms with E-state index in [9.17, 15) is 4.79 Å². The number of benzene rings is 2. The summed E-state index contributed by atoms with van der Waals surface area (Å²) >= 11 is 0. The molecule has 0 aliphatic carbocycles. The van der Waals surface area contributed by atoms with E-state index in [-0.39, 0.29) is 11.8 Å². The van der Waals surface area contributed by atoms with Gasteiger partial charge in [0.15, 0.2) is 5.78 Å². The minimum atomic E-state index is -0.204. The Kier molecular flexibility index (Phi) is 3.02. The van der Waals surface area contributed by atoms with Gasteiger partial charge in [-0.05, 0) is 36.4 Å². The molecule has 1 atom stereocenters. The highest BCUT2D eigenvalue weighted by Gasteiger charge is 2.13. The molecule has 2 aromatic rings. The summed E-state index contributed by atoms with van der Waals surface area (Å²) in [4.78, 5) is 11.4. The van der Waals surface area contributed by atoms with Crippen molar-refractivity contribution in [3.63, 3.8) is 0 Å². The first-order chi connectivity index (χ1) is 7.72. The first kappa shape index (κ1) is 10.8. The Morgan fingerprint density at radius 1 is 1.12 bits per heavy atom. The van der Waals surface area contributed by atoms with Crippen molar-refractivity contribution >= 4 is 16.6 Å². The average Bonchev–Trinajstić information content (AvgIpc) is 2.29. The van der Waals surface area contributed by atoms with E-state index in [1.807, 2.05) is 18.2 Å². The van der Waals surface area contributed by atoms with E-state index in [1.54, 1.807) is 14.0 Å². The third-order valence-corrected chi connectivity index (χ3v) is 2.80. The number of nitrogens with one attached hydrogen (secondary N) is 1. The van der Waals surface area contributed by atoms with Gasteiger partial charge in [-0.15, -0.1) is 0 Å². The van der Waals surface area contributed by atoms with Gasteiger partial charge in [0.25, 0.3) is 0 Å². The Bertz CT molecular complexity index is 519. The normalized spacial score (nSPS) is 12.6. The van der Waals surface area contributed by atoms with E-state index >= 15 is 0 Å². The third kappa shape index (κ3) is 1.97. The minimum Gasteiger partial charge on any atom is -0.307 e. The highest BCUT2D eigenvalue weighted by Crippen LogP contribution is 2.20. The minimum absolute atomic E-state index is 0.137. The van der Waals surface area contributed by atoms with Gasteiger partial charge >= 0.3 is 0 Å². The summed E-state index contributed by atoms with van der Waals surface area (Å²) in [5.74, 6) is 0.137. The van der Waals surface area contributed by atoms with Crippen LogP contribution in [0.4, 0.5) is 0 Å². The summed E-state index contributed by atoms with van der Waals surface area (Å²) < 4.78 is 0. The van der Waals surface area contributed by atoms with Gasteiger partial charge in [0.2, 0.25) is 0 Å². The van der Waals surface area contributed by atoms with Crippen molar-refractivity contribution < 1.29 is 4.79 Å². The highest BCUT2D eigenvalue weighted by molar-refractivity contribution is 5.87. The molecule has 82 valence electrons. The molecule has 0 spiro atoms. The van der Waals surface area contributed by atoms with Crippen LogP contribution in [-0.4, -0.2) is 12.8 Å². The van der Waals surface area contributed by atoms with E-state index in [4.69, 9.17) is 0 Å². The van der Waals surface area contributed by atoms with Gasteiger partial charge < -0.3 is 5.32 Å². The molecule has 0 saturated heterocycles. The van der Waals surface area contributed by atoms with E-state index in [0.717, 1.165) is 5.56 Å². The summed E-state index contributed by atoms with van der Waals surface area (Å²) in [7, 11) is 1.81. The van der Waals surface area contributed by atoms with Gasteiger partial charge in [-0.2, -0.15) is 0 Å². The molecule has 2 rings (SSSR count). The van der Waals surface area contributed by atoms with Crippen molar-refractivity contribution in [3.8, 4) is 0 Å². The Morgan fingerprint density at radius 3 is 2.44 bits per heavy atom. The zero-order valence-corrected chi connectivity index (χ0v) is 9.53. The lowest BCUT2D eigenvalue weighted by atomic mass is 10.00. The van der Waals surface area contributed by atoms with Crippen molar-refractivity contribution in [2.75, 3.05) is 7.05 Å².